The minimum Gasteiger partial charge on any atom is -0.356 e. The number of aromatic nitrogens is 3. The van der Waals surface area contributed by atoms with Crippen molar-refractivity contribution in [3.8, 4) is 0 Å². The van der Waals surface area contributed by atoms with Gasteiger partial charge in [-0.05, 0) is 44.1 Å². The molecule has 4 rings (SSSR count). The van der Waals surface area contributed by atoms with Crippen LogP contribution in [0.1, 0.15) is 32.1 Å². The van der Waals surface area contributed by atoms with Crippen molar-refractivity contribution in [1.29, 1.82) is 0 Å². The molecule has 9 heteroatoms. The summed E-state index contributed by atoms with van der Waals surface area (Å²) in [6.07, 6.45) is 6.32. The Morgan fingerprint density at radius 3 is 2.74 bits per heavy atom. The van der Waals surface area contributed by atoms with Gasteiger partial charge in [0.15, 0.2) is 0 Å². The molecule has 1 aliphatic carbocycles. The Morgan fingerprint density at radius 1 is 1.26 bits per heavy atom. The first-order valence-electron chi connectivity index (χ1n) is 9.57. The number of aromatic amines is 1. The zero-order chi connectivity index (χ0) is 19.0. The molecule has 2 aromatic heterocycles. The Morgan fingerprint density at radius 2 is 2.04 bits per heavy atom. The van der Waals surface area contributed by atoms with E-state index in [9.17, 15) is 12.8 Å². The molecule has 148 valence electrons. The predicted molar refractivity (Wildman–Crippen MR) is 103 cm³/mol. The van der Waals surface area contributed by atoms with E-state index in [0.29, 0.717) is 19.0 Å². The Labute approximate surface area is 159 Å². The lowest BCUT2D eigenvalue weighted by Crippen LogP contribution is -2.39. The highest BCUT2D eigenvalue weighted by Gasteiger charge is 2.34. The summed E-state index contributed by atoms with van der Waals surface area (Å²) in [6.45, 7) is 0.350. The molecule has 2 fully saturated rings. The molecule has 0 unspecified atom stereocenters. The molecule has 1 aliphatic heterocycles. The number of fused-ring (bicyclic) bond motifs is 1. The summed E-state index contributed by atoms with van der Waals surface area (Å²) in [4.78, 5) is 14.0. The number of nitrogens with zero attached hydrogens (tertiary/aromatic N) is 4. The van der Waals surface area contributed by atoms with Gasteiger partial charge in [0.05, 0.1) is 11.1 Å². The number of alkyl halides is 1. The van der Waals surface area contributed by atoms with E-state index < -0.39 is 16.2 Å². The van der Waals surface area contributed by atoms with Crippen LogP contribution in [0.3, 0.4) is 0 Å². The third-order valence-electron chi connectivity index (χ3n) is 5.96. The van der Waals surface area contributed by atoms with Gasteiger partial charge in [0.1, 0.15) is 24.0 Å². The monoisotopic (exact) mass is 395 g/mol. The number of hydrogen-bond acceptors (Lipinski definition) is 5. The maximum atomic E-state index is 13.3. The Kier molecular flexibility index (Phi) is 5.07. The van der Waals surface area contributed by atoms with Crippen LogP contribution in [0.2, 0.25) is 0 Å². The quantitative estimate of drug-likeness (QED) is 0.840. The summed E-state index contributed by atoms with van der Waals surface area (Å²) in [5, 5.41) is 1.000. The maximum absolute atomic E-state index is 13.3. The normalized spacial score (nSPS) is 27.3. The van der Waals surface area contributed by atoms with Gasteiger partial charge in [0.2, 0.25) is 10.0 Å². The molecule has 2 aliphatic rings. The lowest BCUT2D eigenvalue weighted by atomic mass is 9.86. The van der Waals surface area contributed by atoms with Gasteiger partial charge < -0.3 is 9.88 Å². The second-order valence-corrected chi connectivity index (χ2v) is 9.76. The molecule has 0 aromatic carbocycles. The highest BCUT2D eigenvalue weighted by atomic mass is 32.2. The number of anilines is 1. The summed E-state index contributed by atoms with van der Waals surface area (Å²) in [5.74, 6) is 1.20. The molecule has 1 saturated carbocycles. The van der Waals surface area contributed by atoms with Gasteiger partial charge >= 0.3 is 0 Å². The van der Waals surface area contributed by atoms with Crippen molar-refractivity contribution >= 4 is 26.9 Å². The first-order valence-corrected chi connectivity index (χ1v) is 11.2. The molecular formula is C18H26FN5O2S. The SMILES string of the molecule is CN(c1ncnc2[nH]ccc12)[C@H]1CC[C@H](CS(=O)(=O)N2CC[C@@H](F)C2)CC1. The van der Waals surface area contributed by atoms with Crippen molar-refractivity contribution in [3.05, 3.63) is 18.6 Å². The van der Waals surface area contributed by atoms with Crippen LogP contribution >= 0.6 is 0 Å². The van der Waals surface area contributed by atoms with E-state index in [0.717, 1.165) is 42.5 Å². The minimum absolute atomic E-state index is 0.0286. The van der Waals surface area contributed by atoms with E-state index in [1.54, 1.807) is 6.33 Å². The topological polar surface area (TPSA) is 82.2 Å². The fraction of sp³-hybridized carbons (Fsp3) is 0.667. The first-order chi connectivity index (χ1) is 12.9. The lowest BCUT2D eigenvalue weighted by molar-refractivity contribution is 0.328. The smallest absolute Gasteiger partial charge is 0.214 e. The van der Waals surface area contributed by atoms with Crippen molar-refractivity contribution in [1.82, 2.24) is 19.3 Å². The highest BCUT2D eigenvalue weighted by molar-refractivity contribution is 7.89. The van der Waals surface area contributed by atoms with Gasteiger partial charge in [0.25, 0.3) is 0 Å². The van der Waals surface area contributed by atoms with Crippen LogP contribution in [-0.4, -0.2) is 65.8 Å². The summed E-state index contributed by atoms with van der Waals surface area (Å²) in [7, 11) is -1.30. The van der Waals surface area contributed by atoms with Crippen molar-refractivity contribution in [2.24, 2.45) is 5.92 Å². The van der Waals surface area contributed by atoms with Gasteiger partial charge in [0, 0.05) is 32.4 Å². The Bertz CT molecular complexity index is 894. The van der Waals surface area contributed by atoms with E-state index in [4.69, 9.17) is 0 Å². The van der Waals surface area contributed by atoms with E-state index in [-0.39, 0.29) is 18.2 Å². The van der Waals surface area contributed by atoms with Crippen molar-refractivity contribution in [2.75, 3.05) is 30.8 Å². The van der Waals surface area contributed by atoms with Gasteiger partial charge in [-0.1, -0.05) is 0 Å². The van der Waals surface area contributed by atoms with Crippen molar-refractivity contribution < 1.29 is 12.8 Å². The zero-order valence-electron chi connectivity index (χ0n) is 15.5. The van der Waals surface area contributed by atoms with Gasteiger partial charge in [-0.25, -0.2) is 22.8 Å². The van der Waals surface area contributed by atoms with Crippen LogP contribution in [0, 0.1) is 5.92 Å². The third kappa shape index (κ3) is 3.80. The van der Waals surface area contributed by atoms with E-state index in [2.05, 4.69) is 19.9 Å². The molecule has 1 saturated heterocycles. The number of halogens is 1. The van der Waals surface area contributed by atoms with Gasteiger partial charge in [-0.3, -0.25) is 0 Å². The number of sulfonamides is 1. The molecule has 0 bridgehead atoms. The average Bonchev–Trinajstić information content (AvgIpc) is 3.30. The highest BCUT2D eigenvalue weighted by Crippen LogP contribution is 2.32. The van der Waals surface area contributed by atoms with E-state index in [1.807, 2.05) is 19.3 Å². The zero-order valence-corrected chi connectivity index (χ0v) is 16.3. The largest absolute Gasteiger partial charge is 0.356 e. The molecule has 3 heterocycles. The molecule has 7 nitrogen and oxygen atoms in total. The summed E-state index contributed by atoms with van der Waals surface area (Å²) in [5.41, 5.74) is 0.823. The van der Waals surface area contributed by atoms with Crippen LogP contribution in [0.25, 0.3) is 11.0 Å². The van der Waals surface area contributed by atoms with Gasteiger partial charge in [-0.2, -0.15) is 4.31 Å². The lowest BCUT2D eigenvalue weighted by Gasteiger charge is -2.35. The fourth-order valence-corrected chi connectivity index (χ4v) is 6.27. The fourth-order valence-electron chi connectivity index (χ4n) is 4.36. The molecule has 2 aromatic rings. The third-order valence-corrected chi connectivity index (χ3v) is 7.98. The predicted octanol–water partition coefficient (Wildman–Crippen LogP) is 2.33. The van der Waals surface area contributed by atoms with Crippen molar-refractivity contribution in [3.63, 3.8) is 0 Å². The molecule has 27 heavy (non-hydrogen) atoms. The first kappa shape index (κ1) is 18.6. The summed E-state index contributed by atoms with van der Waals surface area (Å²) < 4.78 is 39.7. The molecule has 0 amide bonds. The molecule has 1 N–H and O–H groups in total. The van der Waals surface area contributed by atoms with Crippen LogP contribution in [0.4, 0.5) is 10.2 Å². The van der Waals surface area contributed by atoms with Crippen LogP contribution in [0.5, 0.6) is 0 Å². The molecule has 0 radical (unpaired) electrons. The standard InChI is InChI=1S/C18H26FN5O2S/c1-23(18-16-6-8-20-17(16)21-12-22-18)15-4-2-13(3-5-15)11-27(25,26)24-9-7-14(19)10-24/h6,8,12-15H,2-5,7,9-11H2,1H3,(H,20,21,22)/t13-,14-,15-/m1/s1. The number of rotatable bonds is 5. The molecule has 1 atom stereocenters. The van der Waals surface area contributed by atoms with E-state index >= 15 is 0 Å². The number of hydrogen-bond donors (Lipinski definition) is 1. The summed E-state index contributed by atoms with van der Waals surface area (Å²) in [6, 6.07) is 2.31. The summed E-state index contributed by atoms with van der Waals surface area (Å²) >= 11 is 0. The Balaban J connectivity index is 1.37. The molecule has 0 spiro atoms. The van der Waals surface area contributed by atoms with Crippen molar-refractivity contribution in [2.45, 2.75) is 44.3 Å². The van der Waals surface area contributed by atoms with E-state index in [1.165, 1.54) is 4.31 Å². The minimum atomic E-state index is -3.35. The Hall–Kier alpha value is -1.74. The number of nitrogens with one attached hydrogen (secondary N) is 1. The second kappa shape index (κ2) is 7.35. The van der Waals surface area contributed by atoms with Crippen LogP contribution in [0.15, 0.2) is 18.6 Å². The van der Waals surface area contributed by atoms with Crippen LogP contribution in [-0.2, 0) is 10.0 Å². The number of H-pyrrole nitrogens is 1. The van der Waals surface area contributed by atoms with Crippen LogP contribution < -0.4 is 4.90 Å². The maximum Gasteiger partial charge on any atom is 0.214 e. The molecular weight excluding hydrogens is 369 g/mol. The second-order valence-electron chi connectivity index (χ2n) is 7.75. The van der Waals surface area contributed by atoms with Gasteiger partial charge in [-0.15, -0.1) is 0 Å². The average molecular weight is 396 g/mol.